The fraction of sp³-hybridized carbons (Fsp3) is 0.308. The summed E-state index contributed by atoms with van der Waals surface area (Å²) in [6.45, 7) is 5.74. The lowest BCUT2D eigenvalue weighted by Crippen LogP contribution is -2.51. The molecule has 1 aromatic heterocycles. The highest BCUT2D eigenvalue weighted by Gasteiger charge is 2.42. The molecule has 2 heterocycles. The zero-order valence-corrected chi connectivity index (χ0v) is 20.3. The van der Waals surface area contributed by atoms with Crippen molar-refractivity contribution in [2.24, 2.45) is 0 Å². The Hall–Kier alpha value is -3.39. The summed E-state index contributed by atoms with van der Waals surface area (Å²) in [5, 5.41) is 9.41. The zero-order chi connectivity index (χ0) is 24.3. The summed E-state index contributed by atoms with van der Waals surface area (Å²) in [6, 6.07) is 14.8. The molecule has 3 amide bonds. The summed E-state index contributed by atoms with van der Waals surface area (Å²) in [7, 11) is 0. The van der Waals surface area contributed by atoms with Gasteiger partial charge in [-0.05, 0) is 56.5 Å². The van der Waals surface area contributed by atoms with E-state index in [0.29, 0.717) is 36.3 Å². The van der Waals surface area contributed by atoms with E-state index in [9.17, 15) is 14.4 Å². The van der Waals surface area contributed by atoms with Crippen molar-refractivity contribution in [1.29, 1.82) is 0 Å². The minimum Gasteiger partial charge on any atom is -0.361 e. The molecule has 7 nitrogen and oxygen atoms in total. The highest BCUT2D eigenvalue weighted by molar-refractivity contribution is 7.98. The second-order valence-electron chi connectivity index (χ2n) is 8.43. The first-order chi connectivity index (χ1) is 16.3. The monoisotopic (exact) mass is 477 g/mol. The van der Waals surface area contributed by atoms with E-state index in [1.165, 1.54) is 0 Å². The van der Waals surface area contributed by atoms with E-state index in [4.69, 9.17) is 4.52 Å². The van der Waals surface area contributed by atoms with Gasteiger partial charge < -0.3 is 9.84 Å². The molecule has 1 unspecified atom stereocenters. The summed E-state index contributed by atoms with van der Waals surface area (Å²) in [5.74, 6) is 0.744. The number of thioether (sulfide) groups is 1. The summed E-state index contributed by atoms with van der Waals surface area (Å²) < 4.78 is 5.24. The van der Waals surface area contributed by atoms with Gasteiger partial charge in [-0.1, -0.05) is 36.3 Å². The molecule has 8 heteroatoms. The Kier molecular flexibility index (Phi) is 6.88. The van der Waals surface area contributed by atoms with Crippen LogP contribution in [0.3, 0.4) is 0 Å². The van der Waals surface area contributed by atoms with Crippen LogP contribution in [-0.4, -0.2) is 22.9 Å². The molecular formula is C26H27N3O4S. The minimum absolute atomic E-state index is 0.208. The van der Waals surface area contributed by atoms with Gasteiger partial charge >= 0.3 is 0 Å². The molecule has 1 aliphatic heterocycles. The fourth-order valence-electron chi connectivity index (χ4n) is 4.28. The van der Waals surface area contributed by atoms with E-state index in [-0.39, 0.29) is 17.7 Å². The van der Waals surface area contributed by atoms with E-state index in [0.717, 1.165) is 27.5 Å². The van der Waals surface area contributed by atoms with Gasteiger partial charge in [-0.25, -0.2) is 0 Å². The van der Waals surface area contributed by atoms with Crippen molar-refractivity contribution in [2.45, 2.75) is 56.1 Å². The average Bonchev–Trinajstić information content (AvgIpc) is 3.16. The van der Waals surface area contributed by atoms with Crippen LogP contribution in [0.15, 0.2) is 57.9 Å². The number of aryl methyl sites for hydroxylation is 2. The zero-order valence-electron chi connectivity index (χ0n) is 19.4. The highest BCUT2D eigenvalue weighted by Crippen LogP contribution is 2.36. The lowest BCUT2D eigenvalue weighted by Gasteiger charge is -2.35. The number of carbonyl (C=O) groups is 3. The average molecular weight is 478 g/mol. The smallest absolute Gasteiger partial charge is 0.256 e. The largest absolute Gasteiger partial charge is 0.361 e. The van der Waals surface area contributed by atoms with E-state index in [1.54, 1.807) is 30.0 Å². The maximum absolute atomic E-state index is 13.1. The van der Waals surface area contributed by atoms with Crippen molar-refractivity contribution >= 4 is 35.2 Å². The van der Waals surface area contributed by atoms with Crippen molar-refractivity contribution in [3.63, 3.8) is 0 Å². The summed E-state index contributed by atoms with van der Waals surface area (Å²) in [4.78, 5) is 38.2. The Balaban J connectivity index is 1.48. The number of anilines is 1. The fourth-order valence-corrected chi connectivity index (χ4v) is 5.48. The van der Waals surface area contributed by atoms with E-state index in [2.05, 4.69) is 15.8 Å². The Bertz CT molecular complexity index is 1220. The van der Waals surface area contributed by atoms with Crippen molar-refractivity contribution in [3.8, 4) is 0 Å². The van der Waals surface area contributed by atoms with E-state index >= 15 is 0 Å². The number of hydrogen-bond donors (Lipinski definition) is 2. The second-order valence-corrected chi connectivity index (χ2v) is 9.45. The quantitative estimate of drug-likeness (QED) is 0.370. The van der Waals surface area contributed by atoms with Crippen LogP contribution in [0, 0.1) is 13.8 Å². The van der Waals surface area contributed by atoms with Crippen LogP contribution in [0.5, 0.6) is 0 Å². The van der Waals surface area contributed by atoms with E-state index < -0.39 is 5.41 Å². The lowest BCUT2D eigenvalue weighted by molar-refractivity contribution is -0.138. The van der Waals surface area contributed by atoms with Crippen molar-refractivity contribution in [3.05, 3.63) is 76.7 Å². The van der Waals surface area contributed by atoms with Crippen molar-refractivity contribution < 1.29 is 18.9 Å². The van der Waals surface area contributed by atoms with Crippen molar-refractivity contribution in [2.75, 3.05) is 5.32 Å². The van der Waals surface area contributed by atoms with Gasteiger partial charge in [-0.3, -0.25) is 19.7 Å². The van der Waals surface area contributed by atoms with Gasteiger partial charge in [0.05, 0.1) is 16.7 Å². The Morgan fingerprint density at radius 3 is 2.53 bits per heavy atom. The first-order valence-corrected chi connectivity index (χ1v) is 12.2. The lowest BCUT2D eigenvalue weighted by atomic mass is 9.72. The first-order valence-electron chi connectivity index (χ1n) is 11.2. The number of carbonyl (C=O) groups excluding carboxylic acids is 3. The van der Waals surface area contributed by atoms with Crippen LogP contribution in [0.4, 0.5) is 5.69 Å². The van der Waals surface area contributed by atoms with Gasteiger partial charge in [0.2, 0.25) is 11.8 Å². The van der Waals surface area contributed by atoms with Crippen LogP contribution in [0.25, 0.3) is 0 Å². The molecule has 3 aromatic rings. The molecule has 4 rings (SSSR count). The molecule has 0 bridgehead atoms. The Morgan fingerprint density at radius 2 is 1.88 bits per heavy atom. The number of aromatic nitrogens is 1. The molecule has 1 aliphatic rings. The number of amides is 3. The summed E-state index contributed by atoms with van der Waals surface area (Å²) in [5.41, 5.74) is 3.23. The molecule has 0 radical (unpaired) electrons. The topological polar surface area (TPSA) is 101 Å². The molecule has 2 N–H and O–H groups in total. The third-order valence-electron chi connectivity index (χ3n) is 6.45. The molecule has 2 aromatic carbocycles. The van der Waals surface area contributed by atoms with Gasteiger partial charge in [-0.15, -0.1) is 11.8 Å². The predicted octanol–water partition coefficient (Wildman–Crippen LogP) is 4.92. The molecular weight excluding hydrogens is 450 g/mol. The van der Waals surface area contributed by atoms with Gasteiger partial charge in [0.15, 0.2) is 0 Å². The predicted molar refractivity (Wildman–Crippen MR) is 131 cm³/mol. The number of rotatable bonds is 7. The molecule has 1 fully saturated rings. The number of nitrogens with zero attached hydrogens (tertiary/aromatic N) is 1. The first kappa shape index (κ1) is 23.8. The Labute approximate surface area is 202 Å². The molecule has 0 saturated carbocycles. The highest BCUT2D eigenvalue weighted by atomic mass is 32.2. The number of nitrogens with one attached hydrogen (secondary N) is 2. The molecule has 0 aliphatic carbocycles. The van der Waals surface area contributed by atoms with Gasteiger partial charge in [0, 0.05) is 28.3 Å². The SMILES string of the molecule is CCC1(c2ccc(NC(=O)c3ccccc3SCc3c(C)noc3C)cc2)CCC(=O)NC1=O. The van der Waals surface area contributed by atoms with Crippen molar-refractivity contribution in [1.82, 2.24) is 10.5 Å². The normalized spacial score (nSPS) is 18.0. The standard InChI is InChI=1S/C26H27N3O4S/c1-4-26(14-13-23(30)28-25(26)32)18-9-11-19(12-10-18)27-24(31)20-7-5-6-8-22(20)34-15-21-16(2)29-33-17(21)3/h5-12H,4,13-15H2,1-3H3,(H,27,31)(H,28,30,32). The van der Waals surface area contributed by atoms with Crippen LogP contribution in [-0.2, 0) is 20.8 Å². The summed E-state index contributed by atoms with van der Waals surface area (Å²) >= 11 is 1.56. The van der Waals surface area contributed by atoms with Crippen LogP contribution in [0.2, 0.25) is 0 Å². The van der Waals surface area contributed by atoms with E-state index in [1.807, 2.05) is 51.1 Å². The number of piperidine rings is 1. The van der Waals surface area contributed by atoms with Gasteiger partial charge in [0.1, 0.15) is 5.76 Å². The molecule has 176 valence electrons. The molecule has 1 saturated heterocycles. The van der Waals surface area contributed by atoms with Crippen LogP contribution >= 0.6 is 11.8 Å². The second kappa shape index (κ2) is 9.85. The Morgan fingerprint density at radius 1 is 1.15 bits per heavy atom. The maximum Gasteiger partial charge on any atom is 0.256 e. The molecule has 0 spiro atoms. The molecule has 1 atom stereocenters. The van der Waals surface area contributed by atoms with Crippen LogP contribution in [0.1, 0.15) is 59.1 Å². The van der Waals surface area contributed by atoms with Gasteiger partial charge in [0.25, 0.3) is 5.91 Å². The number of imide groups is 1. The third-order valence-corrected chi connectivity index (χ3v) is 7.55. The third kappa shape index (κ3) is 4.63. The van der Waals surface area contributed by atoms with Gasteiger partial charge in [-0.2, -0.15) is 0 Å². The maximum atomic E-state index is 13.1. The van der Waals surface area contributed by atoms with Crippen LogP contribution < -0.4 is 10.6 Å². The minimum atomic E-state index is -0.724. The molecule has 34 heavy (non-hydrogen) atoms. The number of hydrogen-bond acceptors (Lipinski definition) is 6. The number of benzene rings is 2. The summed E-state index contributed by atoms with van der Waals surface area (Å²) in [6.07, 6.45) is 1.39.